The Morgan fingerprint density at radius 1 is 1.00 bits per heavy atom. The predicted molar refractivity (Wildman–Crippen MR) is 72.0 cm³/mol. The fraction of sp³-hybridized carbons (Fsp3) is 0.0667. The van der Waals surface area contributed by atoms with Gasteiger partial charge in [0.1, 0.15) is 17.3 Å². The van der Waals surface area contributed by atoms with E-state index in [9.17, 15) is 14.0 Å². The van der Waals surface area contributed by atoms with Crippen LogP contribution in [0, 0.1) is 11.6 Å². The van der Waals surface area contributed by atoms with Crippen molar-refractivity contribution in [2.75, 3.05) is 0 Å². The second-order valence-electron chi connectivity index (χ2n) is 4.51. The highest BCUT2D eigenvalue weighted by Crippen LogP contribution is 2.31. The van der Waals surface area contributed by atoms with Crippen LogP contribution in [0.4, 0.5) is 8.78 Å². The molecule has 1 N–H and O–H groups in total. The number of azo groups is 1. The van der Waals surface area contributed by atoms with Crippen molar-refractivity contribution < 1.29 is 14.0 Å². The highest BCUT2D eigenvalue weighted by Gasteiger charge is 2.23. The summed E-state index contributed by atoms with van der Waals surface area (Å²) in [5.74, 6) is -0.837. The van der Waals surface area contributed by atoms with Gasteiger partial charge in [-0.25, -0.2) is 13.8 Å². The lowest BCUT2D eigenvalue weighted by molar-refractivity contribution is -0.0830. The molecule has 0 amide bonds. The molecular formula is C15H11F2N3O. The van der Waals surface area contributed by atoms with Gasteiger partial charge < -0.3 is 0 Å². The van der Waals surface area contributed by atoms with Crippen LogP contribution in [0.1, 0.15) is 17.3 Å². The maximum atomic E-state index is 13.7. The molecule has 1 unspecified atom stereocenters. The molecule has 106 valence electrons. The summed E-state index contributed by atoms with van der Waals surface area (Å²) in [7, 11) is 0. The number of benzene rings is 2. The molecule has 21 heavy (non-hydrogen) atoms. The predicted octanol–water partition coefficient (Wildman–Crippen LogP) is 4.12. The van der Waals surface area contributed by atoms with Crippen LogP contribution < -0.4 is 0 Å². The molecule has 4 nitrogen and oxygen atoms in total. The summed E-state index contributed by atoms with van der Waals surface area (Å²) in [4.78, 5) is 0. The number of hydroxylamine groups is 2. The SMILES string of the molecule is ON1C=C(c2ccc(F)cc2)N=NC1c1ccccc1F. The molecule has 0 saturated heterocycles. The van der Waals surface area contributed by atoms with Gasteiger partial charge in [0.05, 0.1) is 6.20 Å². The fourth-order valence-electron chi connectivity index (χ4n) is 2.03. The highest BCUT2D eigenvalue weighted by molar-refractivity contribution is 5.64. The van der Waals surface area contributed by atoms with Crippen LogP contribution in [-0.4, -0.2) is 10.3 Å². The van der Waals surface area contributed by atoms with Gasteiger partial charge in [-0.05, 0) is 30.3 Å². The van der Waals surface area contributed by atoms with E-state index in [2.05, 4.69) is 10.2 Å². The lowest BCUT2D eigenvalue weighted by atomic mass is 10.1. The molecule has 0 saturated carbocycles. The lowest BCUT2D eigenvalue weighted by Gasteiger charge is -2.24. The quantitative estimate of drug-likeness (QED) is 0.903. The molecule has 2 aromatic rings. The lowest BCUT2D eigenvalue weighted by Crippen LogP contribution is -2.21. The first kappa shape index (κ1) is 13.4. The highest BCUT2D eigenvalue weighted by atomic mass is 19.1. The molecule has 6 heteroatoms. The van der Waals surface area contributed by atoms with Crippen LogP contribution in [0.2, 0.25) is 0 Å². The van der Waals surface area contributed by atoms with E-state index >= 15 is 0 Å². The van der Waals surface area contributed by atoms with Crippen molar-refractivity contribution in [2.45, 2.75) is 6.17 Å². The maximum Gasteiger partial charge on any atom is 0.194 e. The zero-order valence-corrected chi connectivity index (χ0v) is 10.8. The molecule has 0 aliphatic carbocycles. The molecule has 1 heterocycles. The van der Waals surface area contributed by atoms with Gasteiger partial charge in [-0.1, -0.05) is 18.2 Å². The zero-order chi connectivity index (χ0) is 14.8. The number of rotatable bonds is 2. The van der Waals surface area contributed by atoms with Crippen LogP contribution in [-0.2, 0) is 0 Å². The van der Waals surface area contributed by atoms with Gasteiger partial charge in [-0.3, -0.25) is 5.21 Å². The third kappa shape index (κ3) is 2.66. The van der Waals surface area contributed by atoms with Gasteiger partial charge in [0.2, 0.25) is 0 Å². The Balaban J connectivity index is 1.89. The van der Waals surface area contributed by atoms with Crippen molar-refractivity contribution in [1.29, 1.82) is 0 Å². The van der Waals surface area contributed by atoms with Crippen molar-refractivity contribution in [3.63, 3.8) is 0 Å². The van der Waals surface area contributed by atoms with E-state index < -0.39 is 12.0 Å². The summed E-state index contributed by atoms with van der Waals surface area (Å²) in [5.41, 5.74) is 1.19. The second kappa shape index (κ2) is 5.41. The van der Waals surface area contributed by atoms with E-state index in [-0.39, 0.29) is 11.4 Å². The van der Waals surface area contributed by atoms with Crippen molar-refractivity contribution in [3.8, 4) is 0 Å². The average Bonchev–Trinajstić information content (AvgIpc) is 2.49. The third-order valence-electron chi connectivity index (χ3n) is 3.10. The Morgan fingerprint density at radius 3 is 2.38 bits per heavy atom. The monoisotopic (exact) mass is 287 g/mol. The molecule has 0 bridgehead atoms. The zero-order valence-electron chi connectivity index (χ0n) is 10.8. The van der Waals surface area contributed by atoms with Crippen LogP contribution in [0.5, 0.6) is 0 Å². The fourth-order valence-corrected chi connectivity index (χ4v) is 2.03. The summed E-state index contributed by atoms with van der Waals surface area (Å²) >= 11 is 0. The standard InChI is InChI=1S/C15H11F2N3O/c16-11-7-5-10(6-8-11)14-9-20(21)15(19-18-14)12-3-1-2-4-13(12)17/h1-9,15,21H. The number of hydrogen-bond donors (Lipinski definition) is 1. The van der Waals surface area contributed by atoms with Crippen molar-refractivity contribution in [2.24, 2.45) is 10.2 Å². The number of hydrogen-bond acceptors (Lipinski definition) is 4. The van der Waals surface area contributed by atoms with Gasteiger partial charge in [0, 0.05) is 11.1 Å². The molecule has 1 atom stereocenters. The molecule has 1 aliphatic rings. The van der Waals surface area contributed by atoms with Gasteiger partial charge in [0.15, 0.2) is 6.17 Å². The minimum Gasteiger partial charge on any atom is -0.286 e. The minimum absolute atomic E-state index is 0.221. The summed E-state index contributed by atoms with van der Waals surface area (Å²) in [6, 6.07) is 11.7. The maximum absolute atomic E-state index is 13.7. The Kier molecular flexibility index (Phi) is 3.45. The third-order valence-corrected chi connectivity index (χ3v) is 3.10. The normalized spacial score (nSPS) is 17.8. The van der Waals surface area contributed by atoms with Crippen LogP contribution >= 0.6 is 0 Å². The average molecular weight is 287 g/mol. The van der Waals surface area contributed by atoms with Gasteiger partial charge >= 0.3 is 0 Å². The molecule has 0 radical (unpaired) electrons. The Hall–Kier alpha value is -2.60. The smallest absolute Gasteiger partial charge is 0.194 e. The molecule has 1 aliphatic heterocycles. The van der Waals surface area contributed by atoms with E-state index in [0.29, 0.717) is 11.3 Å². The summed E-state index contributed by atoms with van der Waals surface area (Å²) in [5, 5.41) is 18.7. The number of halogens is 2. The van der Waals surface area contributed by atoms with Crippen molar-refractivity contribution >= 4 is 5.70 Å². The van der Waals surface area contributed by atoms with Crippen LogP contribution in [0.3, 0.4) is 0 Å². The summed E-state index contributed by atoms with van der Waals surface area (Å²) in [6.45, 7) is 0. The Labute approximate surface area is 119 Å². The topological polar surface area (TPSA) is 48.2 Å². The van der Waals surface area contributed by atoms with E-state index in [1.54, 1.807) is 12.1 Å². The number of nitrogens with zero attached hydrogens (tertiary/aromatic N) is 3. The first-order chi connectivity index (χ1) is 10.1. The first-order valence-electron chi connectivity index (χ1n) is 6.25. The summed E-state index contributed by atoms with van der Waals surface area (Å²) < 4.78 is 26.6. The van der Waals surface area contributed by atoms with Crippen LogP contribution in [0.15, 0.2) is 65.0 Å². The second-order valence-corrected chi connectivity index (χ2v) is 4.51. The largest absolute Gasteiger partial charge is 0.286 e. The summed E-state index contributed by atoms with van der Waals surface area (Å²) in [6.07, 6.45) is 0.396. The Morgan fingerprint density at radius 2 is 1.71 bits per heavy atom. The van der Waals surface area contributed by atoms with Gasteiger partial charge in [-0.2, -0.15) is 10.2 Å². The van der Waals surface area contributed by atoms with Crippen molar-refractivity contribution in [3.05, 3.63) is 77.5 Å². The minimum atomic E-state index is -0.935. The molecular weight excluding hydrogens is 276 g/mol. The molecule has 0 fully saturated rings. The Bertz CT molecular complexity index is 713. The molecule has 0 spiro atoms. The molecule has 2 aromatic carbocycles. The molecule has 0 aromatic heterocycles. The molecule has 3 rings (SSSR count). The van der Waals surface area contributed by atoms with E-state index in [1.165, 1.54) is 42.6 Å². The van der Waals surface area contributed by atoms with E-state index in [1.807, 2.05) is 0 Å². The van der Waals surface area contributed by atoms with Crippen molar-refractivity contribution in [1.82, 2.24) is 5.06 Å². The van der Waals surface area contributed by atoms with Crippen LogP contribution in [0.25, 0.3) is 5.70 Å². The first-order valence-corrected chi connectivity index (χ1v) is 6.25. The van der Waals surface area contributed by atoms with Gasteiger partial charge in [-0.15, -0.1) is 0 Å². The van der Waals surface area contributed by atoms with E-state index in [4.69, 9.17) is 0 Å². The van der Waals surface area contributed by atoms with Gasteiger partial charge in [0.25, 0.3) is 0 Å². The van der Waals surface area contributed by atoms with E-state index in [0.717, 1.165) is 5.06 Å².